The van der Waals surface area contributed by atoms with E-state index >= 15 is 0 Å². The molecule has 0 spiro atoms. The van der Waals surface area contributed by atoms with Gasteiger partial charge in [-0.2, -0.15) is 0 Å². The van der Waals surface area contributed by atoms with Crippen LogP contribution in [0.25, 0.3) is 0 Å². The van der Waals surface area contributed by atoms with E-state index in [-0.39, 0.29) is 0 Å². The largest absolute Gasteiger partial charge is 0.383 e. The molecule has 86 valence electrons. The Hall–Kier alpha value is -0.320. The Labute approximate surface area is 100 Å². The summed E-state index contributed by atoms with van der Waals surface area (Å²) in [6.45, 7) is 5.92. The third kappa shape index (κ3) is 3.63. The maximum atomic E-state index is 5.83. The van der Waals surface area contributed by atoms with Gasteiger partial charge in [-0.15, -0.1) is 11.3 Å². The second kappa shape index (κ2) is 6.30. The summed E-state index contributed by atoms with van der Waals surface area (Å²) < 4.78 is 5.10. The minimum atomic E-state index is 0.461. The number of aromatic nitrogens is 1. The molecule has 3 nitrogen and oxygen atoms in total. The first-order chi connectivity index (χ1) is 7.19. The van der Waals surface area contributed by atoms with Gasteiger partial charge in [0.1, 0.15) is 5.15 Å². The summed E-state index contributed by atoms with van der Waals surface area (Å²) >= 11 is 7.41. The van der Waals surface area contributed by atoms with Gasteiger partial charge in [-0.3, -0.25) is 0 Å². The third-order valence-electron chi connectivity index (χ3n) is 2.37. The zero-order chi connectivity index (χ0) is 11.3. The molecule has 1 unspecified atom stereocenters. The van der Waals surface area contributed by atoms with Gasteiger partial charge in [-0.05, 0) is 13.3 Å². The van der Waals surface area contributed by atoms with Crippen LogP contribution in [0.3, 0.4) is 0 Å². The molecule has 0 N–H and O–H groups in total. The average molecular weight is 249 g/mol. The van der Waals surface area contributed by atoms with Crippen molar-refractivity contribution in [1.82, 2.24) is 4.98 Å². The SMILES string of the molecule is CCC(C)N(CCOC)c1nc(Cl)cs1. The summed E-state index contributed by atoms with van der Waals surface area (Å²) in [5.41, 5.74) is 0. The van der Waals surface area contributed by atoms with Crippen molar-refractivity contribution in [3.05, 3.63) is 10.5 Å². The maximum absolute atomic E-state index is 5.83. The molecule has 1 rings (SSSR count). The Morgan fingerprint density at radius 3 is 2.87 bits per heavy atom. The van der Waals surface area contributed by atoms with Crippen LogP contribution in [-0.2, 0) is 4.74 Å². The van der Waals surface area contributed by atoms with E-state index in [2.05, 4.69) is 23.7 Å². The van der Waals surface area contributed by atoms with Gasteiger partial charge in [0.15, 0.2) is 5.13 Å². The van der Waals surface area contributed by atoms with Crippen molar-refractivity contribution in [2.24, 2.45) is 0 Å². The molecule has 0 bridgehead atoms. The molecule has 0 aliphatic rings. The predicted molar refractivity (Wildman–Crippen MR) is 66.1 cm³/mol. The number of methoxy groups -OCH3 is 1. The van der Waals surface area contributed by atoms with Gasteiger partial charge >= 0.3 is 0 Å². The highest BCUT2D eigenvalue weighted by Gasteiger charge is 2.15. The van der Waals surface area contributed by atoms with Crippen LogP contribution in [0, 0.1) is 0 Å². The normalized spacial score (nSPS) is 12.8. The summed E-state index contributed by atoms with van der Waals surface area (Å²) in [5, 5.41) is 3.41. The molecule has 0 aliphatic heterocycles. The van der Waals surface area contributed by atoms with Crippen molar-refractivity contribution < 1.29 is 4.74 Å². The average Bonchev–Trinajstić information content (AvgIpc) is 2.65. The van der Waals surface area contributed by atoms with E-state index in [4.69, 9.17) is 16.3 Å². The molecular formula is C10H17ClN2OS. The number of rotatable bonds is 6. The summed E-state index contributed by atoms with van der Waals surface area (Å²) in [5.74, 6) is 0. The molecule has 0 saturated heterocycles. The summed E-state index contributed by atoms with van der Waals surface area (Å²) in [6.07, 6.45) is 1.08. The summed E-state index contributed by atoms with van der Waals surface area (Å²) in [7, 11) is 1.71. The number of hydrogen-bond donors (Lipinski definition) is 0. The molecule has 0 aromatic carbocycles. The fourth-order valence-electron chi connectivity index (χ4n) is 1.29. The molecule has 0 fully saturated rings. The van der Waals surface area contributed by atoms with Crippen molar-refractivity contribution in [3.63, 3.8) is 0 Å². The molecule has 0 radical (unpaired) electrons. The lowest BCUT2D eigenvalue weighted by Crippen LogP contribution is -2.35. The van der Waals surface area contributed by atoms with E-state index in [1.165, 1.54) is 0 Å². The van der Waals surface area contributed by atoms with Crippen LogP contribution >= 0.6 is 22.9 Å². The second-order valence-corrected chi connectivity index (χ2v) is 4.62. The van der Waals surface area contributed by atoms with Crippen molar-refractivity contribution in [2.45, 2.75) is 26.3 Å². The van der Waals surface area contributed by atoms with Crippen molar-refractivity contribution >= 4 is 28.1 Å². The topological polar surface area (TPSA) is 25.4 Å². The second-order valence-electron chi connectivity index (χ2n) is 3.40. The number of hydrogen-bond acceptors (Lipinski definition) is 4. The minimum Gasteiger partial charge on any atom is -0.383 e. The number of ether oxygens (including phenoxy) is 1. The summed E-state index contributed by atoms with van der Waals surface area (Å²) in [6, 6.07) is 0.461. The van der Waals surface area contributed by atoms with Gasteiger partial charge in [-0.25, -0.2) is 4.98 Å². The van der Waals surface area contributed by atoms with E-state index < -0.39 is 0 Å². The standard InChI is InChI=1S/C10H17ClN2OS/c1-4-8(2)13(5-6-14-3)10-12-9(11)7-15-10/h7-8H,4-6H2,1-3H3. The van der Waals surface area contributed by atoms with E-state index in [1.807, 2.05) is 5.38 Å². The minimum absolute atomic E-state index is 0.461. The Morgan fingerprint density at radius 1 is 1.67 bits per heavy atom. The molecule has 15 heavy (non-hydrogen) atoms. The quantitative estimate of drug-likeness (QED) is 0.774. The van der Waals surface area contributed by atoms with Crippen LogP contribution in [0.5, 0.6) is 0 Å². The Kier molecular flexibility index (Phi) is 5.36. The van der Waals surface area contributed by atoms with Crippen LogP contribution in [-0.4, -0.2) is 31.3 Å². The highest BCUT2D eigenvalue weighted by Crippen LogP contribution is 2.25. The molecule has 1 aromatic heterocycles. The Morgan fingerprint density at radius 2 is 2.40 bits per heavy atom. The van der Waals surface area contributed by atoms with Gasteiger partial charge in [0, 0.05) is 25.1 Å². The van der Waals surface area contributed by atoms with Crippen molar-refractivity contribution in [1.29, 1.82) is 0 Å². The van der Waals surface area contributed by atoms with Crippen molar-refractivity contribution in [3.8, 4) is 0 Å². The van der Waals surface area contributed by atoms with Gasteiger partial charge in [0.25, 0.3) is 0 Å². The van der Waals surface area contributed by atoms with Crippen molar-refractivity contribution in [2.75, 3.05) is 25.2 Å². The lowest BCUT2D eigenvalue weighted by molar-refractivity contribution is 0.203. The Bertz CT molecular complexity index is 293. The highest BCUT2D eigenvalue weighted by molar-refractivity contribution is 7.14. The molecule has 1 atom stereocenters. The van der Waals surface area contributed by atoms with Gasteiger partial charge < -0.3 is 9.64 Å². The lowest BCUT2D eigenvalue weighted by Gasteiger charge is -2.27. The van der Waals surface area contributed by atoms with Gasteiger partial charge in [0.05, 0.1) is 6.61 Å². The molecule has 5 heteroatoms. The lowest BCUT2D eigenvalue weighted by atomic mass is 10.2. The van der Waals surface area contributed by atoms with Gasteiger partial charge in [0.2, 0.25) is 0 Å². The van der Waals surface area contributed by atoms with Crippen LogP contribution < -0.4 is 4.90 Å². The zero-order valence-corrected chi connectivity index (χ0v) is 10.9. The number of thiazole rings is 1. The smallest absolute Gasteiger partial charge is 0.187 e. The predicted octanol–water partition coefficient (Wildman–Crippen LogP) is 3.05. The van der Waals surface area contributed by atoms with Crippen LogP contribution in [0.1, 0.15) is 20.3 Å². The first kappa shape index (κ1) is 12.7. The third-order valence-corrected chi connectivity index (χ3v) is 3.57. The zero-order valence-electron chi connectivity index (χ0n) is 9.36. The molecular weight excluding hydrogens is 232 g/mol. The number of nitrogens with zero attached hydrogens (tertiary/aromatic N) is 2. The van der Waals surface area contributed by atoms with Gasteiger partial charge in [-0.1, -0.05) is 18.5 Å². The summed E-state index contributed by atoms with van der Waals surface area (Å²) in [4.78, 5) is 6.52. The van der Waals surface area contributed by atoms with Crippen LogP contribution in [0.4, 0.5) is 5.13 Å². The fraction of sp³-hybridized carbons (Fsp3) is 0.700. The van der Waals surface area contributed by atoms with E-state index in [1.54, 1.807) is 18.4 Å². The first-order valence-electron chi connectivity index (χ1n) is 5.05. The van der Waals surface area contributed by atoms with E-state index in [0.29, 0.717) is 17.8 Å². The molecule has 0 amide bonds. The fourth-order valence-corrected chi connectivity index (χ4v) is 2.37. The highest BCUT2D eigenvalue weighted by atomic mass is 35.5. The van der Waals surface area contributed by atoms with Crippen LogP contribution in [0.2, 0.25) is 5.15 Å². The molecule has 1 heterocycles. The first-order valence-corrected chi connectivity index (χ1v) is 6.31. The van der Waals surface area contributed by atoms with E-state index in [0.717, 1.165) is 18.1 Å². The van der Waals surface area contributed by atoms with Crippen LogP contribution in [0.15, 0.2) is 5.38 Å². The maximum Gasteiger partial charge on any atom is 0.187 e. The molecule has 0 saturated carbocycles. The molecule has 0 aliphatic carbocycles. The number of anilines is 1. The van der Waals surface area contributed by atoms with E-state index in [9.17, 15) is 0 Å². The molecule has 1 aromatic rings. The number of halogens is 1. The monoisotopic (exact) mass is 248 g/mol. The Balaban J connectivity index is 2.71.